The van der Waals surface area contributed by atoms with E-state index < -0.39 is 0 Å². The number of hydrogen-bond acceptors (Lipinski definition) is 0. The lowest BCUT2D eigenvalue weighted by atomic mass is 10.1. The summed E-state index contributed by atoms with van der Waals surface area (Å²) in [5.74, 6) is 0. The Morgan fingerprint density at radius 2 is 1.05 bits per heavy atom. The SMILES string of the molecule is CCCCCCCCCCCC[N+]1(CC)CCCCCC1. The Bertz CT molecular complexity index is 216. The maximum atomic E-state index is 2.42. The number of unbranched alkanes of at least 4 members (excludes halogenated alkanes) is 9. The van der Waals surface area contributed by atoms with E-state index in [1.807, 2.05) is 0 Å². The lowest BCUT2D eigenvalue weighted by Gasteiger charge is -2.37. The molecule has 0 N–H and O–H groups in total. The third-order valence-electron chi connectivity index (χ3n) is 5.67. The van der Waals surface area contributed by atoms with Crippen LogP contribution in [0.2, 0.25) is 0 Å². The van der Waals surface area contributed by atoms with Crippen molar-refractivity contribution >= 4 is 0 Å². The van der Waals surface area contributed by atoms with E-state index in [2.05, 4.69) is 13.8 Å². The number of likely N-dealkylation sites (tertiary alicyclic amines) is 1. The van der Waals surface area contributed by atoms with Gasteiger partial charge in [0.2, 0.25) is 0 Å². The average molecular weight is 297 g/mol. The second kappa shape index (κ2) is 12.5. The molecule has 0 spiro atoms. The largest absolute Gasteiger partial charge is 0.324 e. The highest BCUT2D eigenvalue weighted by Gasteiger charge is 2.25. The quantitative estimate of drug-likeness (QED) is 0.292. The van der Waals surface area contributed by atoms with Gasteiger partial charge in [-0.2, -0.15) is 0 Å². The van der Waals surface area contributed by atoms with Crippen LogP contribution in [0.15, 0.2) is 0 Å². The summed E-state index contributed by atoms with van der Waals surface area (Å²) in [7, 11) is 0. The van der Waals surface area contributed by atoms with Crippen molar-refractivity contribution in [2.24, 2.45) is 0 Å². The molecule has 0 aromatic rings. The lowest BCUT2D eigenvalue weighted by molar-refractivity contribution is -0.926. The molecule has 1 heteroatoms. The number of hydrogen-bond donors (Lipinski definition) is 0. The highest BCUT2D eigenvalue weighted by molar-refractivity contribution is 4.54. The fourth-order valence-corrected chi connectivity index (χ4v) is 3.99. The molecule has 0 aliphatic carbocycles. The van der Waals surface area contributed by atoms with Crippen LogP contribution in [0.25, 0.3) is 0 Å². The zero-order valence-electron chi connectivity index (χ0n) is 15.2. The van der Waals surface area contributed by atoms with Gasteiger partial charge in [-0.05, 0) is 45.4 Å². The predicted molar refractivity (Wildman–Crippen MR) is 95.7 cm³/mol. The highest BCUT2D eigenvalue weighted by Crippen LogP contribution is 2.20. The minimum atomic E-state index is 1.37. The summed E-state index contributed by atoms with van der Waals surface area (Å²) in [6.45, 7) is 10.5. The zero-order valence-corrected chi connectivity index (χ0v) is 15.2. The van der Waals surface area contributed by atoms with Gasteiger partial charge in [-0.25, -0.2) is 0 Å². The molecule has 21 heavy (non-hydrogen) atoms. The Kier molecular flexibility index (Phi) is 11.3. The Morgan fingerprint density at radius 3 is 1.52 bits per heavy atom. The topological polar surface area (TPSA) is 0 Å². The predicted octanol–water partition coefficient (Wildman–Crippen LogP) is 6.32. The average Bonchev–Trinajstić information content (AvgIpc) is 2.75. The molecule has 126 valence electrons. The van der Waals surface area contributed by atoms with Gasteiger partial charge in [0.1, 0.15) is 0 Å². The minimum Gasteiger partial charge on any atom is -0.324 e. The van der Waals surface area contributed by atoms with E-state index >= 15 is 0 Å². The molecule has 0 aromatic carbocycles. The number of rotatable bonds is 12. The van der Waals surface area contributed by atoms with E-state index in [0.29, 0.717) is 0 Å². The van der Waals surface area contributed by atoms with Gasteiger partial charge >= 0.3 is 0 Å². The molecule has 1 saturated heterocycles. The van der Waals surface area contributed by atoms with Crippen LogP contribution in [0.5, 0.6) is 0 Å². The first-order valence-electron chi connectivity index (χ1n) is 10.2. The van der Waals surface area contributed by atoms with Crippen LogP contribution >= 0.6 is 0 Å². The van der Waals surface area contributed by atoms with Gasteiger partial charge < -0.3 is 4.48 Å². The molecule has 0 aromatic heterocycles. The van der Waals surface area contributed by atoms with Gasteiger partial charge in [-0.1, -0.05) is 58.3 Å². The van der Waals surface area contributed by atoms with E-state index in [0.717, 1.165) is 0 Å². The molecule has 1 aliphatic heterocycles. The van der Waals surface area contributed by atoms with Crippen LogP contribution < -0.4 is 0 Å². The Balaban J connectivity index is 1.97. The molecule has 1 rings (SSSR count). The van der Waals surface area contributed by atoms with E-state index in [4.69, 9.17) is 0 Å². The summed E-state index contributed by atoms with van der Waals surface area (Å²) in [6, 6.07) is 0. The maximum Gasteiger partial charge on any atom is 0.0786 e. The number of quaternary nitrogens is 1. The molecular weight excluding hydrogens is 254 g/mol. The summed E-state index contributed by atoms with van der Waals surface area (Å²) in [6.07, 6.45) is 20.6. The summed E-state index contributed by atoms with van der Waals surface area (Å²) < 4.78 is 1.44. The summed E-state index contributed by atoms with van der Waals surface area (Å²) in [5, 5.41) is 0. The summed E-state index contributed by atoms with van der Waals surface area (Å²) >= 11 is 0. The fourth-order valence-electron chi connectivity index (χ4n) is 3.99. The fraction of sp³-hybridized carbons (Fsp3) is 1.00. The van der Waals surface area contributed by atoms with Gasteiger partial charge in [0, 0.05) is 0 Å². The van der Waals surface area contributed by atoms with Crippen LogP contribution in [0.4, 0.5) is 0 Å². The zero-order chi connectivity index (χ0) is 15.2. The third-order valence-corrected chi connectivity index (χ3v) is 5.67. The Labute approximate surface area is 135 Å². The van der Waals surface area contributed by atoms with Gasteiger partial charge in [0.25, 0.3) is 0 Å². The van der Waals surface area contributed by atoms with Crippen molar-refractivity contribution < 1.29 is 4.48 Å². The lowest BCUT2D eigenvalue weighted by Crippen LogP contribution is -2.49. The Hall–Kier alpha value is -0.0400. The molecule has 0 saturated carbocycles. The first kappa shape index (κ1) is 19.0. The standard InChI is InChI=1S/C20H42N/c1-3-5-6-7-8-9-10-11-12-15-18-21(4-2)19-16-13-14-17-20-21/h3-20H2,1-2H3/q+1. The molecule has 0 radical (unpaired) electrons. The summed E-state index contributed by atoms with van der Waals surface area (Å²) in [5.41, 5.74) is 0. The van der Waals surface area contributed by atoms with Crippen LogP contribution in [0.1, 0.15) is 104 Å². The molecule has 0 unspecified atom stereocenters. The molecule has 0 amide bonds. The van der Waals surface area contributed by atoms with Crippen molar-refractivity contribution in [3.63, 3.8) is 0 Å². The third kappa shape index (κ3) is 8.86. The van der Waals surface area contributed by atoms with E-state index in [1.54, 1.807) is 0 Å². The Morgan fingerprint density at radius 1 is 0.571 bits per heavy atom. The highest BCUT2D eigenvalue weighted by atomic mass is 15.3. The smallest absolute Gasteiger partial charge is 0.0786 e. The van der Waals surface area contributed by atoms with Crippen LogP contribution in [-0.2, 0) is 0 Å². The van der Waals surface area contributed by atoms with E-state index in [1.165, 1.54) is 121 Å². The molecule has 1 nitrogen and oxygen atoms in total. The van der Waals surface area contributed by atoms with Crippen molar-refractivity contribution in [2.75, 3.05) is 26.2 Å². The molecule has 0 atom stereocenters. The van der Waals surface area contributed by atoms with E-state index in [-0.39, 0.29) is 0 Å². The van der Waals surface area contributed by atoms with Gasteiger partial charge in [-0.3, -0.25) is 0 Å². The molecule has 1 aliphatic rings. The molecular formula is C20H42N+. The van der Waals surface area contributed by atoms with Crippen molar-refractivity contribution in [3.05, 3.63) is 0 Å². The monoisotopic (exact) mass is 296 g/mol. The second-order valence-corrected chi connectivity index (χ2v) is 7.42. The van der Waals surface area contributed by atoms with Crippen molar-refractivity contribution in [1.29, 1.82) is 0 Å². The normalized spacial score (nSPS) is 18.6. The molecule has 1 fully saturated rings. The van der Waals surface area contributed by atoms with Crippen molar-refractivity contribution in [1.82, 2.24) is 0 Å². The van der Waals surface area contributed by atoms with E-state index in [9.17, 15) is 0 Å². The van der Waals surface area contributed by atoms with Crippen LogP contribution in [-0.4, -0.2) is 30.7 Å². The van der Waals surface area contributed by atoms with Gasteiger partial charge in [-0.15, -0.1) is 0 Å². The molecule has 0 bridgehead atoms. The van der Waals surface area contributed by atoms with Crippen molar-refractivity contribution in [3.8, 4) is 0 Å². The first-order valence-corrected chi connectivity index (χ1v) is 10.2. The minimum absolute atomic E-state index is 1.37. The first-order chi connectivity index (χ1) is 10.3. The molecule has 1 heterocycles. The van der Waals surface area contributed by atoms with Crippen LogP contribution in [0, 0.1) is 0 Å². The summed E-state index contributed by atoms with van der Waals surface area (Å²) in [4.78, 5) is 0. The van der Waals surface area contributed by atoms with Crippen molar-refractivity contribution in [2.45, 2.75) is 104 Å². The van der Waals surface area contributed by atoms with Gasteiger partial charge in [0.05, 0.1) is 26.2 Å². The van der Waals surface area contributed by atoms with Gasteiger partial charge in [0.15, 0.2) is 0 Å². The van der Waals surface area contributed by atoms with Crippen LogP contribution in [0.3, 0.4) is 0 Å². The second-order valence-electron chi connectivity index (χ2n) is 7.42. The maximum absolute atomic E-state index is 2.42. The number of nitrogens with zero attached hydrogens (tertiary/aromatic N) is 1.